The average Bonchev–Trinajstić information content (AvgIpc) is 2.78. The first-order valence-electron chi connectivity index (χ1n) is 6.57. The molecule has 0 bridgehead atoms. The van der Waals surface area contributed by atoms with E-state index in [4.69, 9.17) is 11.6 Å². The highest BCUT2D eigenvalue weighted by Crippen LogP contribution is 2.24. The number of halogens is 1. The van der Waals surface area contributed by atoms with Gasteiger partial charge in [-0.05, 0) is 30.7 Å². The third kappa shape index (κ3) is 2.89. The molecule has 0 saturated carbocycles. The zero-order valence-electron chi connectivity index (χ0n) is 11.9. The zero-order chi connectivity index (χ0) is 16.3. The maximum absolute atomic E-state index is 12.2. The first kappa shape index (κ1) is 15.9. The number of hydrogen-bond donors (Lipinski definition) is 2. The Balaban J connectivity index is 2.71. The summed E-state index contributed by atoms with van der Waals surface area (Å²) in [7, 11) is 0. The molecular weight excluding hydrogens is 304 g/mol. The fraction of sp³-hybridized carbons (Fsp3) is 0.125. The zero-order valence-corrected chi connectivity index (χ0v) is 12.7. The molecule has 2 aromatic rings. The minimum absolute atomic E-state index is 0.464. The predicted octanol–water partition coefficient (Wildman–Crippen LogP) is 3.30. The topological polar surface area (TPSA) is 75.1 Å². The summed E-state index contributed by atoms with van der Waals surface area (Å²) >= 11 is 5.90. The summed E-state index contributed by atoms with van der Waals surface area (Å²) in [6.45, 7) is 5.28. The molecule has 1 heterocycles. The van der Waals surface area contributed by atoms with Crippen molar-refractivity contribution in [2.75, 3.05) is 0 Å². The van der Waals surface area contributed by atoms with Gasteiger partial charge in [0, 0.05) is 5.02 Å². The first-order chi connectivity index (χ1) is 10.5. The van der Waals surface area contributed by atoms with Crippen LogP contribution in [0.4, 0.5) is 0 Å². The number of aromatic amines is 1. The molecule has 0 saturated heterocycles. The van der Waals surface area contributed by atoms with E-state index in [0.29, 0.717) is 21.6 Å². The SMILES string of the molecule is C=C/C=C\C(=C/C)C(C(=O)O)n1c(=O)[nH]c2cc(Cl)ccc21. The highest BCUT2D eigenvalue weighted by atomic mass is 35.5. The van der Waals surface area contributed by atoms with E-state index in [1.807, 2.05) is 0 Å². The number of imidazole rings is 1. The molecule has 0 aliphatic heterocycles. The second-order valence-corrected chi connectivity index (χ2v) is 5.02. The van der Waals surface area contributed by atoms with Gasteiger partial charge in [0.05, 0.1) is 11.0 Å². The Morgan fingerprint density at radius 1 is 1.50 bits per heavy atom. The number of aromatic nitrogens is 2. The summed E-state index contributed by atoms with van der Waals surface area (Å²) in [5.41, 5.74) is 0.946. The lowest BCUT2D eigenvalue weighted by molar-refractivity contribution is -0.139. The molecule has 0 aliphatic carbocycles. The van der Waals surface area contributed by atoms with Crippen molar-refractivity contribution < 1.29 is 9.90 Å². The van der Waals surface area contributed by atoms with Gasteiger partial charge in [0.25, 0.3) is 0 Å². The van der Waals surface area contributed by atoms with Crippen LogP contribution >= 0.6 is 11.6 Å². The standard InChI is InChI=1S/C16H15ClN2O3/c1-3-5-6-10(4-2)14(15(20)21)19-13-8-7-11(17)9-12(13)18-16(19)22/h3-9,14H,1H2,2H3,(H,18,22)(H,20,21)/b6-5-,10-4+. The monoisotopic (exact) mass is 318 g/mol. The minimum atomic E-state index is -1.14. The summed E-state index contributed by atoms with van der Waals surface area (Å²) < 4.78 is 1.21. The second kappa shape index (κ2) is 6.49. The number of carboxylic acids is 1. The van der Waals surface area contributed by atoms with Gasteiger partial charge in [-0.3, -0.25) is 4.57 Å². The van der Waals surface area contributed by atoms with Gasteiger partial charge in [0.2, 0.25) is 0 Å². The Kier molecular flexibility index (Phi) is 4.68. The molecule has 6 heteroatoms. The van der Waals surface area contributed by atoms with E-state index in [0.717, 1.165) is 0 Å². The third-order valence-electron chi connectivity index (χ3n) is 3.24. The summed E-state index contributed by atoms with van der Waals surface area (Å²) in [5, 5.41) is 10.0. The van der Waals surface area contributed by atoms with Crippen LogP contribution < -0.4 is 5.69 Å². The summed E-state index contributed by atoms with van der Waals surface area (Å²) in [6.07, 6.45) is 6.44. The maximum Gasteiger partial charge on any atom is 0.331 e. The summed E-state index contributed by atoms with van der Waals surface area (Å²) in [5.74, 6) is -1.13. The second-order valence-electron chi connectivity index (χ2n) is 4.59. The number of rotatable bonds is 5. The molecule has 0 fully saturated rings. The van der Waals surface area contributed by atoms with E-state index >= 15 is 0 Å². The number of carbonyl (C=O) groups is 1. The number of nitrogens with one attached hydrogen (secondary N) is 1. The number of allylic oxidation sites excluding steroid dienone is 4. The van der Waals surface area contributed by atoms with Crippen LogP contribution in [-0.2, 0) is 4.79 Å². The molecular formula is C16H15ClN2O3. The van der Waals surface area contributed by atoms with Crippen molar-refractivity contribution in [3.05, 3.63) is 70.2 Å². The fourth-order valence-electron chi connectivity index (χ4n) is 2.29. The normalized spacial score (nSPS) is 13.6. The lowest BCUT2D eigenvalue weighted by Gasteiger charge is -2.15. The Morgan fingerprint density at radius 2 is 2.23 bits per heavy atom. The molecule has 114 valence electrons. The van der Waals surface area contributed by atoms with Crippen LogP contribution in [0.15, 0.2) is 59.4 Å². The van der Waals surface area contributed by atoms with Gasteiger partial charge in [-0.2, -0.15) is 0 Å². The van der Waals surface area contributed by atoms with Crippen LogP contribution in [0.25, 0.3) is 11.0 Å². The van der Waals surface area contributed by atoms with E-state index in [1.165, 1.54) is 4.57 Å². The van der Waals surface area contributed by atoms with Crippen LogP contribution in [-0.4, -0.2) is 20.6 Å². The van der Waals surface area contributed by atoms with Crippen molar-refractivity contribution in [3.8, 4) is 0 Å². The van der Waals surface area contributed by atoms with Gasteiger partial charge >= 0.3 is 11.7 Å². The molecule has 0 radical (unpaired) electrons. The molecule has 5 nitrogen and oxygen atoms in total. The number of fused-ring (bicyclic) bond motifs is 1. The number of hydrogen-bond acceptors (Lipinski definition) is 2. The number of aliphatic carboxylic acids is 1. The molecule has 1 atom stereocenters. The molecule has 1 unspecified atom stereocenters. The molecule has 1 aromatic carbocycles. The van der Waals surface area contributed by atoms with E-state index in [9.17, 15) is 14.7 Å². The Labute approximate surface area is 131 Å². The number of nitrogens with zero attached hydrogens (tertiary/aromatic N) is 1. The van der Waals surface area contributed by atoms with Crippen LogP contribution in [0.5, 0.6) is 0 Å². The van der Waals surface area contributed by atoms with Crippen molar-refractivity contribution in [2.45, 2.75) is 13.0 Å². The smallest absolute Gasteiger partial charge is 0.331 e. The lowest BCUT2D eigenvalue weighted by atomic mass is 10.1. The molecule has 22 heavy (non-hydrogen) atoms. The van der Waals surface area contributed by atoms with E-state index in [-0.39, 0.29) is 0 Å². The minimum Gasteiger partial charge on any atom is -0.479 e. The van der Waals surface area contributed by atoms with Crippen molar-refractivity contribution in [2.24, 2.45) is 0 Å². The largest absolute Gasteiger partial charge is 0.479 e. The lowest BCUT2D eigenvalue weighted by Crippen LogP contribution is -2.29. The molecule has 2 rings (SSSR count). The van der Waals surface area contributed by atoms with Crippen molar-refractivity contribution in [1.29, 1.82) is 0 Å². The first-order valence-corrected chi connectivity index (χ1v) is 6.95. The van der Waals surface area contributed by atoms with Crippen LogP contribution in [0.3, 0.4) is 0 Å². The molecule has 2 N–H and O–H groups in total. The summed E-state index contributed by atoms with van der Waals surface area (Å²) in [6, 6.07) is 3.68. The maximum atomic E-state index is 12.2. The summed E-state index contributed by atoms with van der Waals surface area (Å²) in [4.78, 5) is 26.6. The third-order valence-corrected chi connectivity index (χ3v) is 3.48. The number of benzene rings is 1. The Bertz CT molecular complexity index is 843. The highest BCUT2D eigenvalue weighted by Gasteiger charge is 2.26. The highest BCUT2D eigenvalue weighted by molar-refractivity contribution is 6.31. The van der Waals surface area contributed by atoms with E-state index < -0.39 is 17.7 Å². The van der Waals surface area contributed by atoms with Crippen LogP contribution in [0.2, 0.25) is 5.02 Å². The Morgan fingerprint density at radius 3 is 2.82 bits per heavy atom. The van der Waals surface area contributed by atoms with Gasteiger partial charge in [-0.1, -0.05) is 42.5 Å². The molecule has 0 aliphatic rings. The van der Waals surface area contributed by atoms with Crippen LogP contribution in [0.1, 0.15) is 13.0 Å². The quantitative estimate of drug-likeness (QED) is 0.831. The van der Waals surface area contributed by atoms with Crippen molar-refractivity contribution in [3.63, 3.8) is 0 Å². The van der Waals surface area contributed by atoms with Gasteiger partial charge in [-0.25, -0.2) is 9.59 Å². The Hall–Kier alpha value is -2.53. The molecule has 0 spiro atoms. The number of carboxylic acid groups (broad SMARTS) is 1. The van der Waals surface area contributed by atoms with Gasteiger partial charge in [-0.15, -0.1) is 0 Å². The molecule has 1 aromatic heterocycles. The van der Waals surface area contributed by atoms with Gasteiger partial charge in [0.1, 0.15) is 0 Å². The van der Waals surface area contributed by atoms with Crippen LogP contribution in [0, 0.1) is 0 Å². The van der Waals surface area contributed by atoms with Gasteiger partial charge in [0.15, 0.2) is 6.04 Å². The average molecular weight is 319 g/mol. The predicted molar refractivity (Wildman–Crippen MR) is 87.3 cm³/mol. The molecule has 0 amide bonds. The van der Waals surface area contributed by atoms with Gasteiger partial charge < -0.3 is 10.1 Å². The van der Waals surface area contributed by atoms with Crippen molar-refractivity contribution in [1.82, 2.24) is 9.55 Å². The van der Waals surface area contributed by atoms with Crippen molar-refractivity contribution >= 4 is 28.6 Å². The van der Waals surface area contributed by atoms with E-state index in [1.54, 1.807) is 49.4 Å². The van der Waals surface area contributed by atoms with E-state index in [2.05, 4.69) is 11.6 Å². The fourth-order valence-corrected chi connectivity index (χ4v) is 2.46. The number of H-pyrrole nitrogens is 1.